The second kappa shape index (κ2) is 5.89. The molecular weight excluding hydrogens is 224 g/mol. The minimum absolute atomic E-state index is 0.0886. The second-order valence-electron chi connectivity index (χ2n) is 6.83. The number of rotatable bonds is 4. The topological polar surface area (TPSA) is 38.5 Å². The van der Waals surface area contributed by atoms with Crippen molar-refractivity contribution in [1.29, 1.82) is 0 Å². The molecule has 3 heteroatoms. The van der Waals surface area contributed by atoms with Gasteiger partial charge >= 0.3 is 0 Å². The van der Waals surface area contributed by atoms with Crippen LogP contribution in [0.25, 0.3) is 0 Å². The lowest BCUT2D eigenvalue weighted by molar-refractivity contribution is -0.0351. The van der Waals surface area contributed by atoms with Gasteiger partial charge in [-0.25, -0.2) is 0 Å². The highest BCUT2D eigenvalue weighted by molar-refractivity contribution is 4.87. The molecule has 0 aromatic heterocycles. The van der Waals surface area contributed by atoms with E-state index in [9.17, 15) is 0 Å². The van der Waals surface area contributed by atoms with E-state index >= 15 is 0 Å². The van der Waals surface area contributed by atoms with E-state index in [1.807, 2.05) is 0 Å². The van der Waals surface area contributed by atoms with E-state index in [1.54, 1.807) is 0 Å². The van der Waals surface area contributed by atoms with Crippen LogP contribution in [0.5, 0.6) is 0 Å². The van der Waals surface area contributed by atoms with Gasteiger partial charge in [0, 0.05) is 12.6 Å². The molecule has 3 nitrogen and oxygen atoms in total. The Morgan fingerprint density at radius 2 is 1.94 bits per heavy atom. The van der Waals surface area contributed by atoms with Crippen LogP contribution in [0, 0.1) is 5.92 Å². The van der Waals surface area contributed by atoms with Crippen LogP contribution in [0.4, 0.5) is 0 Å². The number of ether oxygens (including phenoxy) is 1. The summed E-state index contributed by atoms with van der Waals surface area (Å²) in [5, 5.41) is 0. The zero-order valence-electron chi connectivity index (χ0n) is 12.3. The molecule has 1 saturated heterocycles. The quantitative estimate of drug-likeness (QED) is 0.837. The van der Waals surface area contributed by atoms with Crippen LogP contribution in [0.3, 0.4) is 0 Å². The van der Waals surface area contributed by atoms with Crippen molar-refractivity contribution < 1.29 is 4.74 Å². The van der Waals surface area contributed by atoms with Crippen LogP contribution >= 0.6 is 0 Å². The summed E-state index contributed by atoms with van der Waals surface area (Å²) in [6.07, 6.45) is 8.16. The molecule has 2 N–H and O–H groups in total. The fraction of sp³-hybridized carbons (Fsp3) is 1.00. The Balaban J connectivity index is 1.85. The average Bonchev–Trinajstić information content (AvgIpc) is 2.68. The number of hydrogen-bond donors (Lipinski definition) is 1. The molecule has 3 atom stereocenters. The molecule has 2 aliphatic rings. The standard InChI is InChI=1S/C15H30N2O/c1-15(2)9-8-13(18-15)11-17(3)14-7-5-4-6-12(14)10-16/h12-14H,4-11,16H2,1-3H3. The zero-order chi connectivity index (χ0) is 13.2. The third-order valence-electron chi connectivity index (χ3n) is 4.78. The first-order valence-corrected chi connectivity index (χ1v) is 7.60. The molecule has 0 aromatic rings. The van der Waals surface area contributed by atoms with E-state index in [2.05, 4.69) is 25.8 Å². The number of nitrogens with two attached hydrogens (primary N) is 1. The lowest BCUT2D eigenvalue weighted by Crippen LogP contribution is -2.46. The summed E-state index contributed by atoms with van der Waals surface area (Å²) >= 11 is 0. The fourth-order valence-corrected chi connectivity index (χ4v) is 3.71. The van der Waals surface area contributed by atoms with Crippen LogP contribution in [0.2, 0.25) is 0 Å². The van der Waals surface area contributed by atoms with E-state index < -0.39 is 0 Å². The van der Waals surface area contributed by atoms with Gasteiger partial charge in [0.2, 0.25) is 0 Å². The molecule has 18 heavy (non-hydrogen) atoms. The third-order valence-corrected chi connectivity index (χ3v) is 4.78. The van der Waals surface area contributed by atoms with Gasteiger partial charge in [-0.2, -0.15) is 0 Å². The van der Waals surface area contributed by atoms with E-state index in [1.165, 1.54) is 38.5 Å². The van der Waals surface area contributed by atoms with Crippen molar-refractivity contribution in [2.75, 3.05) is 20.1 Å². The Hall–Kier alpha value is -0.120. The molecule has 1 saturated carbocycles. The highest BCUT2D eigenvalue weighted by atomic mass is 16.5. The minimum Gasteiger partial charge on any atom is -0.371 e. The summed E-state index contributed by atoms with van der Waals surface area (Å²) in [6.45, 7) is 6.32. The molecule has 2 fully saturated rings. The Labute approximate surface area is 112 Å². The van der Waals surface area contributed by atoms with Crippen LogP contribution < -0.4 is 5.73 Å². The van der Waals surface area contributed by atoms with Gasteiger partial charge in [0.05, 0.1) is 11.7 Å². The number of likely N-dealkylation sites (N-methyl/N-ethyl adjacent to an activating group) is 1. The molecule has 0 aromatic carbocycles. The van der Waals surface area contributed by atoms with E-state index in [-0.39, 0.29) is 5.60 Å². The molecule has 0 amide bonds. The summed E-state index contributed by atoms with van der Waals surface area (Å²) in [5.41, 5.74) is 6.01. The lowest BCUT2D eigenvalue weighted by Gasteiger charge is -2.38. The fourth-order valence-electron chi connectivity index (χ4n) is 3.71. The van der Waals surface area contributed by atoms with Crippen molar-refractivity contribution in [1.82, 2.24) is 4.90 Å². The van der Waals surface area contributed by atoms with Gasteiger partial charge in [0.15, 0.2) is 0 Å². The maximum absolute atomic E-state index is 6.11. The maximum atomic E-state index is 6.11. The van der Waals surface area contributed by atoms with Crippen LogP contribution in [0.1, 0.15) is 52.4 Å². The van der Waals surface area contributed by atoms with E-state index in [0.717, 1.165) is 13.1 Å². The SMILES string of the molecule is CN(CC1CCC(C)(C)O1)C1CCCCC1CN. The Morgan fingerprint density at radius 1 is 1.22 bits per heavy atom. The first-order chi connectivity index (χ1) is 8.52. The van der Waals surface area contributed by atoms with Crippen molar-refractivity contribution in [2.45, 2.75) is 70.1 Å². The molecule has 0 spiro atoms. The highest BCUT2D eigenvalue weighted by Gasteiger charge is 2.34. The monoisotopic (exact) mass is 254 g/mol. The zero-order valence-corrected chi connectivity index (χ0v) is 12.3. The average molecular weight is 254 g/mol. The van der Waals surface area contributed by atoms with Crippen molar-refractivity contribution in [2.24, 2.45) is 11.7 Å². The molecule has 106 valence electrons. The summed E-state index contributed by atoms with van der Waals surface area (Å²) in [4.78, 5) is 2.52. The normalized spacial score (nSPS) is 36.2. The molecule has 0 bridgehead atoms. The second-order valence-corrected chi connectivity index (χ2v) is 6.83. The first kappa shape index (κ1) is 14.3. The number of nitrogens with zero attached hydrogens (tertiary/aromatic N) is 1. The Kier molecular flexibility index (Phi) is 4.68. The van der Waals surface area contributed by atoms with Gasteiger partial charge in [0.1, 0.15) is 0 Å². The molecule has 0 radical (unpaired) electrons. The van der Waals surface area contributed by atoms with Gasteiger partial charge in [-0.1, -0.05) is 12.8 Å². The maximum Gasteiger partial charge on any atom is 0.0710 e. The molecular formula is C15H30N2O. The van der Waals surface area contributed by atoms with Gasteiger partial charge in [0.25, 0.3) is 0 Å². The molecule has 1 aliphatic heterocycles. The van der Waals surface area contributed by atoms with Crippen LogP contribution in [0.15, 0.2) is 0 Å². The molecule has 3 unspecified atom stereocenters. The summed E-state index contributed by atoms with van der Waals surface area (Å²) in [6, 6.07) is 0.677. The Bertz CT molecular complexity index is 267. The highest BCUT2D eigenvalue weighted by Crippen LogP contribution is 2.32. The summed E-state index contributed by atoms with van der Waals surface area (Å²) < 4.78 is 6.11. The van der Waals surface area contributed by atoms with Gasteiger partial charge in [-0.05, 0) is 59.0 Å². The summed E-state index contributed by atoms with van der Waals surface area (Å²) in [5.74, 6) is 0.693. The first-order valence-electron chi connectivity index (χ1n) is 7.60. The van der Waals surface area contributed by atoms with Crippen molar-refractivity contribution in [3.63, 3.8) is 0 Å². The van der Waals surface area contributed by atoms with Crippen molar-refractivity contribution in [3.05, 3.63) is 0 Å². The summed E-state index contributed by atoms with van der Waals surface area (Å²) in [7, 11) is 2.26. The smallest absolute Gasteiger partial charge is 0.0710 e. The minimum atomic E-state index is 0.0886. The van der Waals surface area contributed by atoms with Gasteiger partial charge in [-0.3, -0.25) is 0 Å². The Morgan fingerprint density at radius 3 is 2.56 bits per heavy atom. The van der Waals surface area contributed by atoms with Crippen LogP contribution in [-0.4, -0.2) is 42.8 Å². The van der Waals surface area contributed by atoms with Crippen LogP contribution in [-0.2, 0) is 4.74 Å². The van der Waals surface area contributed by atoms with E-state index in [4.69, 9.17) is 10.5 Å². The van der Waals surface area contributed by atoms with Crippen molar-refractivity contribution >= 4 is 0 Å². The predicted molar refractivity (Wildman–Crippen MR) is 75.6 cm³/mol. The number of hydrogen-bond acceptors (Lipinski definition) is 3. The third kappa shape index (κ3) is 3.46. The molecule has 1 heterocycles. The predicted octanol–water partition coefficient (Wildman–Crippen LogP) is 2.39. The largest absolute Gasteiger partial charge is 0.371 e. The molecule has 2 rings (SSSR count). The van der Waals surface area contributed by atoms with E-state index in [0.29, 0.717) is 18.1 Å². The van der Waals surface area contributed by atoms with Gasteiger partial charge in [-0.15, -0.1) is 0 Å². The lowest BCUT2D eigenvalue weighted by atomic mass is 9.83. The molecule has 1 aliphatic carbocycles. The van der Waals surface area contributed by atoms with Crippen molar-refractivity contribution in [3.8, 4) is 0 Å². The van der Waals surface area contributed by atoms with Gasteiger partial charge < -0.3 is 15.4 Å².